The second-order valence-corrected chi connectivity index (χ2v) is 17.1. The molecule has 2 aliphatic rings. The first-order valence-corrected chi connectivity index (χ1v) is 20.1. The number of ketones is 1. The molecule has 2 aliphatic heterocycles. The second-order valence-electron chi connectivity index (χ2n) is 16.0. The third-order valence-electron chi connectivity index (χ3n) is 11.8. The van der Waals surface area contributed by atoms with Crippen LogP contribution >= 0.6 is 11.3 Å². The first-order chi connectivity index (χ1) is 26.8. The van der Waals surface area contributed by atoms with Crippen molar-refractivity contribution in [3.05, 3.63) is 81.3 Å². The van der Waals surface area contributed by atoms with E-state index in [1.54, 1.807) is 52.8 Å². The molecule has 12 nitrogen and oxygen atoms in total. The van der Waals surface area contributed by atoms with E-state index in [4.69, 9.17) is 19.2 Å². The van der Waals surface area contributed by atoms with E-state index >= 15 is 0 Å². The van der Waals surface area contributed by atoms with Crippen LogP contribution in [-0.2, 0) is 14.3 Å². The number of hydrogen-bond donors (Lipinski definition) is 5. The number of aliphatic hydroxyl groups excluding tert-OH is 3. The highest BCUT2D eigenvalue weighted by Gasteiger charge is 2.49. The van der Waals surface area contributed by atoms with Crippen LogP contribution in [0.5, 0.6) is 11.5 Å². The normalized spacial score (nSPS) is 31.0. The third kappa shape index (κ3) is 7.36. The van der Waals surface area contributed by atoms with Gasteiger partial charge in [-0.05, 0) is 43.5 Å². The highest BCUT2D eigenvalue weighted by Crippen LogP contribution is 2.49. The van der Waals surface area contributed by atoms with Crippen LogP contribution in [0.15, 0.2) is 59.1 Å². The molecular formula is C44H52N2O10S. The van der Waals surface area contributed by atoms with Gasteiger partial charge < -0.3 is 40.0 Å². The number of benzene rings is 3. The lowest BCUT2D eigenvalue weighted by Gasteiger charge is -2.36. The van der Waals surface area contributed by atoms with Gasteiger partial charge in [-0.15, -0.1) is 11.3 Å². The Labute approximate surface area is 335 Å². The number of phenols is 1. The van der Waals surface area contributed by atoms with Gasteiger partial charge in [0, 0.05) is 54.2 Å². The number of aliphatic hydroxyl groups is 3. The molecule has 4 bridgehead atoms. The van der Waals surface area contributed by atoms with Gasteiger partial charge >= 0.3 is 5.79 Å². The smallest absolute Gasteiger partial charge is 0.312 e. The Morgan fingerprint density at radius 2 is 1.61 bits per heavy atom. The zero-order valence-electron chi connectivity index (χ0n) is 33.9. The summed E-state index contributed by atoms with van der Waals surface area (Å²) in [5.74, 6) is -5.83. The van der Waals surface area contributed by atoms with Gasteiger partial charge in [-0.25, -0.2) is 4.98 Å². The topological polar surface area (TPSA) is 185 Å². The molecule has 3 aromatic carbocycles. The molecule has 9 atom stereocenters. The molecule has 0 fully saturated rings. The predicted octanol–water partition coefficient (Wildman–Crippen LogP) is 7.02. The molecule has 4 aromatic rings. The summed E-state index contributed by atoms with van der Waals surface area (Å²) in [5, 5.41) is 48.6. The maximum Gasteiger partial charge on any atom is 0.312 e. The zero-order chi connectivity index (χ0) is 41.8. The van der Waals surface area contributed by atoms with Crippen molar-refractivity contribution in [2.45, 2.75) is 98.4 Å². The molecule has 57 heavy (non-hydrogen) atoms. The maximum atomic E-state index is 14.6. The van der Waals surface area contributed by atoms with Gasteiger partial charge in [0.25, 0.3) is 11.7 Å². The number of ether oxygens (including phenoxy) is 3. The van der Waals surface area contributed by atoms with Crippen LogP contribution in [0.2, 0.25) is 0 Å². The minimum absolute atomic E-state index is 0.00465. The predicted molar refractivity (Wildman–Crippen MR) is 222 cm³/mol. The van der Waals surface area contributed by atoms with E-state index in [0.29, 0.717) is 10.2 Å². The molecule has 0 spiro atoms. The number of aromatic hydroxyl groups is 1. The summed E-state index contributed by atoms with van der Waals surface area (Å²) < 4.78 is 19.0. The van der Waals surface area contributed by atoms with Crippen LogP contribution in [0.3, 0.4) is 0 Å². The number of carbonyl (C=O) groups excluding carboxylic acids is 2. The molecule has 1 aromatic heterocycles. The third-order valence-corrected chi connectivity index (χ3v) is 12.9. The molecule has 0 saturated carbocycles. The minimum atomic E-state index is -1.96. The highest BCUT2D eigenvalue weighted by molar-refractivity contribution is 7.25. The van der Waals surface area contributed by atoms with Crippen molar-refractivity contribution in [1.82, 2.24) is 4.98 Å². The summed E-state index contributed by atoms with van der Waals surface area (Å²) in [6, 6.07) is 5.82. The summed E-state index contributed by atoms with van der Waals surface area (Å²) in [6.07, 6.45) is 3.77. The SMILES string of the molecule is CO[C@H]1/C=C/O[C@@]2(C)Oc3c(C)c(=O)c4c(O)c(c5sc6cc(C(C)C)ccc6nc5c4c3C2=O)NC(=O)/C(C)=C\C=C\[C@H](C)[C@H](O)[C@@H](C)[C@@H](O)[C@@H](C)[C@H](O)[C@@H]1C. The van der Waals surface area contributed by atoms with Crippen LogP contribution in [-0.4, -0.2) is 74.4 Å². The van der Waals surface area contributed by atoms with Gasteiger partial charge in [0.1, 0.15) is 11.4 Å². The molecule has 1 amide bonds. The Balaban J connectivity index is 1.60. The van der Waals surface area contributed by atoms with E-state index in [-0.39, 0.29) is 50.3 Å². The molecule has 0 aliphatic carbocycles. The number of amides is 1. The molecule has 6 rings (SSSR count). The minimum Gasteiger partial charge on any atom is -0.505 e. The van der Waals surface area contributed by atoms with E-state index < -0.39 is 76.7 Å². The van der Waals surface area contributed by atoms with Crippen LogP contribution < -0.4 is 15.5 Å². The molecule has 3 heterocycles. The summed E-state index contributed by atoms with van der Waals surface area (Å²) in [5.41, 5.74) is 1.50. The lowest BCUT2D eigenvalue weighted by atomic mass is 9.78. The van der Waals surface area contributed by atoms with Gasteiger partial charge in [-0.3, -0.25) is 14.4 Å². The number of aromatic nitrogens is 1. The number of nitrogens with zero attached hydrogens (tertiary/aromatic N) is 1. The number of allylic oxidation sites excluding steroid dienone is 2. The molecular weight excluding hydrogens is 749 g/mol. The van der Waals surface area contributed by atoms with Gasteiger partial charge in [-0.2, -0.15) is 0 Å². The number of Topliss-reactive ketones (excluding diaryl/α,β-unsaturated/α-hetero) is 1. The van der Waals surface area contributed by atoms with E-state index in [1.807, 2.05) is 18.2 Å². The fourth-order valence-corrected chi connectivity index (χ4v) is 8.92. The number of carbonyl (C=O) groups is 2. The van der Waals surface area contributed by atoms with Gasteiger partial charge in [0.05, 0.1) is 62.1 Å². The molecule has 304 valence electrons. The lowest BCUT2D eigenvalue weighted by Crippen LogP contribution is -2.44. The van der Waals surface area contributed by atoms with Crippen LogP contribution in [0, 0.1) is 30.6 Å². The average Bonchev–Trinajstić information content (AvgIpc) is 3.45. The first-order valence-electron chi connectivity index (χ1n) is 19.2. The molecule has 13 heteroatoms. The standard InChI is InChI=1S/C44H52N2O10S/c1-19(2)26-14-15-27-29(18-26)57-41-33(45-27)30-31-38(50)25(8)40-32(30)42(52)44(9,56-40)55-17-16-28(54-10)22(5)36(48)24(7)37(49)23(6)35(47)20(3)12-11-13-21(4)43(53)46-34(41)39(31)51/h11-20,22-24,28,35-37,47-49,51H,1-10H3,(H,46,53)/b12-11+,17-16+,21-13-/t20-,22+,23+,24-,28-,35-,36+,37+,44-/m0/s1. The maximum absolute atomic E-state index is 14.6. The number of nitrogens with one attached hydrogen (secondary N) is 1. The lowest BCUT2D eigenvalue weighted by molar-refractivity contribution is -0.112. The largest absolute Gasteiger partial charge is 0.505 e. The first kappa shape index (κ1) is 42.0. The Kier molecular flexibility index (Phi) is 11.7. The number of methoxy groups -OCH3 is 1. The molecule has 0 radical (unpaired) electrons. The Hall–Kier alpha value is -4.66. The van der Waals surface area contributed by atoms with Gasteiger partial charge in [0.2, 0.25) is 0 Å². The number of hydrogen-bond acceptors (Lipinski definition) is 12. The van der Waals surface area contributed by atoms with Crippen molar-refractivity contribution in [2.75, 3.05) is 12.4 Å². The average molecular weight is 801 g/mol. The monoisotopic (exact) mass is 800 g/mol. The number of fused-ring (bicyclic) bond motifs is 2. The molecule has 5 N–H and O–H groups in total. The quantitative estimate of drug-likeness (QED) is 0.0798. The Bertz CT molecular complexity index is 2420. The summed E-state index contributed by atoms with van der Waals surface area (Å²) in [4.78, 5) is 47.6. The van der Waals surface area contributed by atoms with Gasteiger partial charge in [-0.1, -0.05) is 65.8 Å². The van der Waals surface area contributed by atoms with Crippen LogP contribution in [0.25, 0.3) is 31.2 Å². The Morgan fingerprint density at radius 3 is 2.28 bits per heavy atom. The number of anilines is 1. The van der Waals surface area contributed by atoms with Gasteiger partial charge in [0.15, 0.2) is 11.2 Å². The summed E-state index contributed by atoms with van der Waals surface area (Å²) >= 11 is 1.26. The number of rotatable bonds is 2. The van der Waals surface area contributed by atoms with Crippen molar-refractivity contribution in [3.8, 4) is 11.5 Å². The van der Waals surface area contributed by atoms with E-state index in [9.17, 15) is 34.8 Å². The summed E-state index contributed by atoms with van der Waals surface area (Å²) in [7, 11) is 1.46. The van der Waals surface area contributed by atoms with E-state index in [0.717, 1.165) is 10.3 Å². The van der Waals surface area contributed by atoms with E-state index in [1.165, 1.54) is 44.6 Å². The van der Waals surface area contributed by atoms with Crippen molar-refractivity contribution in [3.63, 3.8) is 0 Å². The Morgan fingerprint density at radius 1 is 0.947 bits per heavy atom. The number of phenolic OH excluding ortho intramolecular Hbond substituents is 1. The zero-order valence-corrected chi connectivity index (χ0v) is 34.7. The highest BCUT2D eigenvalue weighted by atomic mass is 32.1. The van der Waals surface area contributed by atoms with Crippen molar-refractivity contribution in [1.29, 1.82) is 0 Å². The van der Waals surface area contributed by atoms with Crippen molar-refractivity contribution >= 4 is 59.9 Å². The van der Waals surface area contributed by atoms with Crippen molar-refractivity contribution in [2.24, 2.45) is 23.7 Å². The molecule has 0 unspecified atom stereocenters. The van der Waals surface area contributed by atoms with Crippen LogP contribution in [0.4, 0.5) is 5.69 Å². The fraction of sp³-hybridized carbons (Fsp3) is 0.455. The molecule has 0 saturated heterocycles. The summed E-state index contributed by atoms with van der Waals surface area (Å²) in [6.45, 7) is 15.6. The second kappa shape index (κ2) is 15.9. The van der Waals surface area contributed by atoms with Crippen LogP contribution in [0.1, 0.15) is 82.8 Å². The van der Waals surface area contributed by atoms with E-state index in [2.05, 4.69) is 19.2 Å². The fourth-order valence-electron chi connectivity index (χ4n) is 7.79. The van der Waals surface area contributed by atoms with Crippen molar-refractivity contribution < 1.29 is 44.2 Å².